The van der Waals surface area contributed by atoms with E-state index in [1.54, 1.807) is 4.90 Å². The van der Waals surface area contributed by atoms with E-state index < -0.39 is 0 Å². The van der Waals surface area contributed by atoms with Crippen molar-refractivity contribution in [3.8, 4) is 11.5 Å². The third-order valence-corrected chi connectivity index (χ3v) is 5.40. The molecule has 1 saturated heterocycles. The lowest BCUT2D eigenvalue weighted by Gasteiger charge is -2.30. The van der Waals surface area contributed by atoms with E-state index in [-0.39, 0.29) is 17.7 Å². The number of carbonyl (C=O) groups excluding carboxylic acids is 2. The molecule has 0 radical (unpaired) electrons. The summed E-state index contributed by atoms with van der Waals surface area (Å²) < 4.78 is 7.81. The van der Waals surface area contributed by atoms with Gasteiger partial charge in [-0.15, -0.1) is 0 Å². The van der Waals surface area contributed by atoms with Crippen molar-refractivity contribution in [2.24, 2.45) is 18.7 Å². The highest BCUT2D eigenvalue weighted by Crippen LogP contribution is 2.28. The maximum atomic E-state index is 13.0. The maximum Gasteiger partial charge on any atom is 0.270 e. The van der Waals surface area contributed by atoms with Gasteiger partial charge < -0.3 is 19.9 Å². The molecule has 0 atom stereocenters. The molecule has 6 nitrogen and oxygen atoms in total. The molecule has 4 rings (SSSR count). The zero-order valence-corrected chi connectivity index (χ0v) is 15.8. The van der Waals surface area contributed by atoms with Gasteiger partial charge in [-0.2, -0.15) is 0 Å². The number of rotatable bonds is 4. The summed E-state index contributed by atoms with van der Waals surface area (Å²) in [5, 5.41) is 0.950. The van der Waals surface area contributed by atoms with E-state index >= 15 is 0 Å². The Bertz CT molecular complexity index is 1020. The zero-order chi connectivity index (χ0) is 19.7. The van der Waals surface area contributed by atoms with Crippen molar-refractivity contribution in [2.45, 2.75) is 12.8 Å². The van der Waals surface area contributed by atoms with E-state index in [4.69, 9.17) is 10.5 Å². The van der Waals surface area contributed by atoms with Crippen LogP contribution < -0.4 is 10.5 Å². The minimum Gasteiger partial charge on any atom is -0.457 e. The predicted octanol–water partition coefficient (Wildman–Crippen LogP) is 3.31. The second kappa shape index (κ2) is 7.38. The Morgan fingerprint density at radius 1 is 1.00 bits per heavy atom. The molecule has 144 valence electrons. The van der Waals surface area contributed by atoms with E-state index in [1.165, 1.54) is 0 Å². The van der Waals surface area contributed by atoms with Gasteiger partial charge in [-0.3, -0.25) is 9.59 Å². The van der Waals surface area contributed by atoms with Gasteiger partial charge in [-0.1, -0.05) is 18.2 Å². The summed E-state index contributed by atoms with van der Waals surface area (Å²) in [6.07, 6.45) is 1.25. The van der Waals surface area contributed by atoms with Gasteiger partial charge in [0.15, 0.2) is 0 Å². The van der Waals surface area contributed by atoms with Crippen molar-refractivity contribution >= 4 is 22.7 Å². The molecule has 1 aliphatic rings. The molecule has 0 unspecified atom stereocenters. The highest BCUT2D eigenvalue weighted by molar-refractivity contribution is 5.99. The zero-order valence-electron chi connectivity index (χ0n) is 15.8. The average Bonchev–Trinajstić information content (AvgIpc) is 3.04. The van der Waals surface area contributed by atoms with E-state index in [2.05, 4.69) is 0 Å². The summed E-state index contributed by atoms with van der Waals surface area (Å²) in [5.74, 6) is 1.07. The van der Waals surface area contributed by atoms with E-state index in [1.807, 2.05) is 66.2 Å². The first-order chi connectivity index (χ1) is 13.5. The van der Waals surface area contributed by atoms with Crippen molar-refractivity contribution in [1.29, 1.82) is 0 Å². The standard InChI is InChI=1S/C22H23N3O3/c1-24-19-8-7-18(28-17-5-3-2-4-6-17)13-16(19)14-20(24)22(27)25-11-9-15(10-12-25)21(23)26/h2-8,13-15H,9-12H2,1H3,(H2,23,26). The average molecular weight is 377 g/mol. The first-order valence-electron chi connectivity index (χ1n) is 9.44. The van der Waals surface area contributed by atoms with Crippen LogP contribution in [0.25, 0.3) is 10.9 Å². The number of hydrogen-bond donors (Lipinski definition) is 1. The Hall–Kier alpha value is -3.28. The fraction of sp³-hybridized carbons (Fsp3) is 0.273. The topological polar surface area (TPSA) is 77.6 Å². The Balaban J connectivity index is 1.55. The molecule has 0 spiro atoms. The summed E-state index contributed by atoms with van der Waals surface area (Å²) in [6, 6.07) is 17.3. The van der Waals surface area contributed by atoms with Gasteiger partial charge in [0.2, 0.25) is 5.91 Å². The quantitative estimate of drug-likeness (QED) is 0.758. The maximum absolute atomic E-state index is 13.0. The van der Waals surface area contributed by atoms with Gasteiger partial charge in [0.05, 0.1) is 0 Å². The number of para-hydroxylation sites is 1. The van der Waals surface area contributed by atoms with Crippen LogP contribution in [-0.4, -0.2) is 34.4 Å². The number of primary amides is 1. The molecule has 1 aromatic heterocycles. The number of fused-ring (bicyclic) bond motifs is 1. The van der Waals surface area contributed by atoms with Gasteiger partial charge in [-0.05, 0) is 49.2 Å². The largest absolute Gasteiger partial charge is 0.457 e. The molecule has 0 aliphatic carbocycles. The van der Waals surface area contributed by atoms with Crippen LogP contribution in [-0.2, 0) is 11.8 Å². The summed E-state index contributed by atoms with van der Waals surface area (Å²) in [7, 11) is 1.89. The van der Waals surface area contributed by atoms with Crippen LogP contribution in [0.5, 0.6) is 11.5 Å². The van der Waals surface area contributed by atoms with Gasteiger partial charge in [0.25, 0.3) is 5.91 Å². The molecular formula is C22H23N3O3. The van der Waals surface area contributed by atoms with Crippen LogP contribution in [0, 0.1) is 5.92 Å². The fourth-order valence-electron chi connectivity index (χ4n) is 3.75. The Kier molecular flexibility index (Phi) is 4.77. The monoisotopic (exact) mass is 377 g/mol. The SMILES string of the molecule is Cn1c(C(=O)N2CCC(C(N)=O)CC2)cc2cc(Oc3ccccc3)ccc21. The minimum absolute atomic E-state index is 0.0212. The number of piperidine rings is 1. The summed E-state index contributed by atoms with van der Waals surface area (Å²) in [6.45, 7) is 1.10. The molecule has 1 aliphatic heterocycles. The van der Waals surface area contributed by atoms with Crippen molar-refractivity contribution in [3.05, 3.63) is 60.3 Å². The molecule has 6 heteroatoms. The summed E-state index contributed by atoms with van der Waals surface area (Å²) >= 11 is 0. The smallest absolute Gasteiger partial charge is 0.270 e. The summed E-state index contributed by atoms with van der Waals surface area (Å²) in [4.78, 5) is 26.1. The van der Waals surface area contributed by atoms with Crippen LogP contribution in [0.15, 0.2) is 54.6 Å². The lowest BCUT2D eigenvalue weighted by molar-refractivity contribution is -0.123. The molecule has 2 amide bonds. The van der Waals surface area contributed by atoms with Crippen molar-refractivity contribution < 1.29 is 14.3 Å². The number of ether oxygens (including phenoxy) is 1. The molecule has 2 heterocycles. The number of carbonyl (C=O) groups is 2. The van der Waals surface area contributed by atoms with E-state index in [0.29, 0.717) is 31.6 Å². The molecule has 0 saturated carbocycles. The number of nitrogens with two attached hydrogens (primary N) is 1. The van der Waals surface area contributed by atoms with Gasteiger partial charge in [-0.25, -0.2) is 0 Å². The Labute approximate surface area is 163 Å². The van der Waals surface area contributed by atoms with Gasteiger partial charge >= 0.3 is 0 Å². The van der Waals surface area contributed by atoms with Crippen molar-refractivity contribution in [1.82, 2.24) is 9.47 Å². The number of nitrogens with zero attached hydrogens (tertiary/aromatic N) is 2. The number of aromatic nitrogens is 1. The highest BCUT2D eigenvalue weighted by atomic mass is 16.5. The minimum atomic E-state index is -0.275. The predicted molar refractivity (Wildman–Crippen MR) is 107 cm³/mol. The molecule has 28 heavy (non-hydrogen) atoms. The van der Waals surface area contributed by atoms with Crippen LogP contribution in [0.4, 0.5) is 0 Å². The Morgan fingerprint density at radius 2 is 1.71 bits per heavy atom. The number of hydrogen-bond acceptors (Lipinski definition) is 3. The molecular weight excluding hydrogens is 354 g/mol. The number of likely N-dealkylation sites (tertiary alicyclic amines) is 1. The normalized spacial score (nSPS) is 15.0. The second-order valence-electron chi connectivity index (χ2n) is 7.19. The molecule has 2 aromatic carbocycles. The second-order valence-corrected chi connectivity index (χ2v) is 7.19. The van der Waals surface area contributed by atoms with Gasteiger partial charge in [0.1, 0.15) is 17.2 Å². The van der Waals surface area contributed by atoms with E-state index in [9.17, 15) is 9.59 Å². The molecule has 2 N–H and O–H groups in total. The third-order valence-electron chi connectivity index (χ3n) is 5.40. The summed E-state index contributed by atoms with van der Waals surface area (Å²) in [5.41, 5.74) is 6.98. The van der Waals surface area contributed by atoms with Gasteiger partial charge in [0, 0.05) is 37.0 Å². The van der Waals surface area contributed by atoms with Crippen LogP contribution in [0.2, 0.25) is 0 Å². The van der Waals surface area contributed by atoms with E-state index in [0.717, 1.165) is 22.4 Å². The lowest BCUT2D eigenvalue weighted by atomic mass is 9.96. The van der Waals surface area contributed by atoms with Crippen LogP contribution in [0.3, 0.4) is 0 Å². The molecule has 0 bridgehead atoms. The first-order valence-corrected chi connectivity index (χ1v) is 9.44. The highest BCUT2D eigenvalue weighted by Gasteiger charge is 2.28. The van der Waals surface area contributed by atoms with Crippen molar-refractivity contribution in [2.75, 3.05) is 13.1 Å². The van der Waals surface area contributed by atoms with Crippen molar-refractivity contribution in [3.63, 3.8) is 0 Å². The molecule has 1 fully saturated rings. The van der Waals surface area contributed by atoms with Crippen LogP contribution in [0.1, 0.15) is 23.3 Å². The number of amides is 2. The molecule has 3 aromatic rings. The Morgan fingerprint density at radius 3 is 2.39 bits per heavy atom. The lowest BCUT2D eigenvalue weighted by Crippen LogP contribution is -2.42. The third kappa shape index (κ3) is 3.45. The van der Waals surface area contributed by atoms with Crippen LogP contribution >= 0.6 is 0 Å². The number of aryl methyl sites for hydroxylation is 1. The number of benzene rings is 2. The fourth-order valence-corrected chi connectivity index (χ4v) is 3.75. The first kappa shape index (κ1) is 18.1.